The number of hydrogen-bond donors (Lipinski definition) is 2. The summed E-state index contributed by atoms with van der Waals surface area (Å²) in [5.41, 5.74) is 3.87. The molecule has 0 spiro atoms. The minimum Gasteiger partial charge on any atom is -0.339 e. The Morgan fingerprint density at radius 3 is 2.06 bits per heavy atom. The van der Waals surface area contributed by atoms with Crippen molar-refractivity contribution in [3.63, 3.8) is 0 Å². The average molecular weight is 473 g/mol. The van der Waals surface area contributed by atoms with Crippen LogP contribution in [-0.4, -0.2) is 53.5 Å². The monoisotopic (exact) mass is 472 g/mol. The molecule has 4 rings (SSSR count). The number of likely N-dealkylation sites (tertiary alicyclic amines) is 1. The Morgan fingerprint density at radius 2 is 1.44 bits per heavy atom. The summed E-state index contributed by atoms with van der Waals surface area (Å²) in [6, 6.07) is 28.5. The van der Waals surface area contributed by atoms with Crippen LogP contribution in [0.25, 0.3) is 0 Å². The van der Waals surface area contributed by atoms with Crippen LogP contribution in [0.2, 0.25) is 0 Å². The molecule has 176 valence electrons. The number of carbonyl (C=O) groups excluding carboxylic acids is 1. The highest BCUT2D eigenvalue weighted by molar-refractivity contribution is 7.80. The lowest BCUT2D eigenvalue weighted by Crippen LogP contribution is -2.46. The summed E-state index contributed by atoms with van der Waals surface area (Å²) in [5, 5.41) is 6.84. The van der Waals surface area contributed by atoms with E-state index in [1.807, 2.05) is 59.5 Å². The predicted octanol–water partition coefficient (Wildman–Crippen LogP) is 5.27. The Bertz CT molecular complexity index is 1060. The Hall–Kier alpha value is -3.22. The molecule has 3 aromatic carbocycles. The van der Waals surface area contributed by atoms with Crippen LogP contribution in [0.5, 0.6) is 0 Å². The number of piperidine rings is 1. The molecule has 1 amide bonds. The highest BCUT2D eigenvalue weighted by Gasteiger charge is 2.25. The lowest BCUT2D eigenvalue weighted by Gasteiger charge is -2.37. The molecule has 5 nitrogen and oxygen atoms in total. The third-order valence-corrected chi connectivity index (χ3v) is 6.60. The number of anilines is 2. The number of rotatable bonds is 7. The summed E-state index contributed by atoms with van der Waals surface area (Å²) in [6.07, 6.45) is 3.08. The fourth-order valence-corrected chi connectivity index (χ4v) is 4.57. The summed E-state index contributed by atoms with van der Waals surface area (Å²) < 4.78 is 0. The minimum absolute atomic E-state index is 0.0990. The lowest BCUT2D eigenvalue weighted by molar-refractivity contribution is 0.0647. The lowest BCUT2D eigenvalue weighted by atomic mass is 10.0. The van der Waals surface area contributed by atoms with E-state index in [2.05, 4.69) is 52.9 Å². The largest absolute Gasteiger partial charge is 0.339 e. The van der Waals surface area contributed by atoms with Crippen molar-refractivity contribution < 1.29 is 4.79 Å². The number of nitrogens with one attached hydrogen (secondary N) is 2. The van der Waals surface area contributed by atoms with Gasteiger partial charge in [-0.2, -0.15) is 0 Å². The first-order chi connectivity index (χ1) is 16.6. The van der Waals surface area contributed by atoms with Crippen molar-refractivity contribution >= 4 is 34.6 Å². The molecule has 6 heteroatoms. The van der Waals surface area contributed by atoms with E-state index >= 15 is 0 Å². The van der Waals surface area contributed by atoms with Gasteiger partial charge in [-0.05, 0) is 80.5 Å². The first-order valence-corrected chi connectivity index (χ1v) is 12.3. The summed E-state index contributed by atoms with van der Waals surface area (Å²) in [4.78, 5) is 17.4. The van der Waals surface area contributed by atoms with Crippen LogP contribution in [0.15, 0.2) is 84.9 Å². The zero-order chi connectivity index (χ0) is 23.8. The fourth-order valence-electron chi connectivity index (χ4n) is 4.34. The molecule has 1 aliphatic heterocycles. The van der Waals surface area contributed by atoms with E-state index in [4.69, 9.17) is 12.2 Å². The summed E-state index contributed by atoms with van der Waals surface area (Å²) >= 11 is 5.38. The average Bonchev–Trinajstić information content (AvgIpc) is 2.88. The topological polar surface area (TPSA) is 47.6 Å². The summed E-state index contributed by atoms with van der Waals surface area (Å²) in [5.74, 6) is 0.0990. The van der Waals surface area contributed by atoms with Gasteiger partial charge in [0.05, 0.1) is 0 Å². The minimum atomic E-state index is 0.0990. The molecule has 1 saturated heterocycles. The maximum atomic E-state index is 13.0. The Kier molecular flexibility index (Phi) is 8.28. The summed E-state index contributed by atoms with van der Waals surface area (Å²) in [6.45, 7) is 2.63. The fraction of sp³-hybridized carbons (Fsp3) is 0.286. The maximum absolute atomic E-state index is 13.0. The smallest absolute Gasteiger partial charge is 0.253 e. The van der Waals surface area contributed by atoms with Gasteiger partial charge in [0, 0.05) is 42.6 Å². The molecular formula is C28H32N4OS. The predicted molar refractivity (Wildman–Crippen MR) is 144 cm³/mol. The molecular weight excluding hydrogens is 440 g/mol. The van der Waals surface area contributed by atoms with E-state index in [0.717, 1.165) is 50.3 Å². The first-order valence-electron chi connectivity index (χ1n) is 11.8. The molecule has 2 N–H and O–H groups in total. The van der Waals surface area contributed by atoms with Crippen molar-refractivity contribution in [2.45, 2.75) is 25.3 Å². The number of nitrogens with zero attached hydrogens (tertiary/aromatic N) is 2. The molecule has 3 aromatic rings. The number of hydrogen-bond acceptors (Lipinski definition) is 3. The van der Waals surface area contributed by atoms with Crippen LogP contribution in [-0.2, 0) is 6.42 Å². The Balaban J connectivity index is 1.23. The number of benzene rings is 3. The van der Waals surface area contributed by atoms with Crippen LogP contribution in [0.3, 0.4) is 0 Å². The van der Waals surface area contributed by atoms with E-state index in [1.54, 1.807) is 0 Å². The van der Waals surface area contributed by atoms with E-state index in [9.17, 15) is 4.79 Å². The molecule has 0 aliphatic carbocycles. The molecule has 0 bridgehead atoms. The highest BCUT2D eigenvalue weighted by Crippen LogP contribution is 2.19. The van der Waals surface area contributed by atoms with E-state index in [0.29, 0.717) is 16.7 Å². The molecule has 0 atom stereocenters. The quantitative estimate of drug-likeness (QED) is 0.459. The normalized spacial score (nSPS) is 14.1. The molecule has 34 heavy (non-hydrogen) atoms. The highest BCUT2D eigenvalue weighted by atomic mass is 32.1. The second kappa shape index (κ2) is 11.8. The van der Waals surface area contributed by atoms with Gasteiger partial charge in [-0.15, -0.1) is 0 Å². The third kappa shape index (κ3) is 6.65. The number of carbonyl (C=O) groups is 1. The number of para-hydroxylation sites is 1. The SMILES string of the molecule is CN(CCc1ccccc1)C1CCN(C(=O)c2ccc(NC(=S)Nc3ccccc3)cc2)CC1. The summed E-state index contributed by atoms with van der Waals surface area (Å²) in [7, 11) is 2.20. The molecule has 0 aromatic heterocycles. The molecule has 1 heterocycles. The van der Waals surface area contributed by atoms with Gasteiger partial charge in [0.25, 0.3) is 5.91 Å². The van der Waals surface area contributed by atoms with Crippen molar-refractivity contribution in [3.8, 4) is 0 Å². The van der Waals surface area contributed by atoms with Crippen LogP contribution >= 0.6 is 12.2 Å². The van der Waals surface area contributed by atoms with Crippen LogP contribution in [0, 0.1) is 0 Å². The standard InChI is InChI=1S/C28H32N4OS/c1-31(19-16-22-8-4-2-5-9-22)26-17-20-32(21-18-26)27(33)23-12-14-25(15-13-23)30-28(34)29-24-10-6-3-7-11-24/h2-15,26H,16-21H2,1H3,(H2,29,30,34). The van der Waals surface area contributed by atoms with Gasteiger partial charge in [0.1, 0.15) is 0 Å². The van der Waals surface area contributed by atoms with Crippen molar-refractivity contribution in [2.24, 2.45) is 0 Å². The van der Waals surface area contributed by atoms with Gasteiger partial charge in [-0.1, -0.05) is 48.5 Å². The molecule has 1 aliphatic rings. The van der Waals surface area contributed by atoms with E-state index in [1.165, 1.54) is 5.56 Å². The third-order valence-electron chi connectivity index (χ3n) is 6.39. The van der Waals surface area contributed by atoms with Gasteiger partial charge in [-0.25, -0.2) is 0 Å². The van der Waals surface area contributed by atoms with Crippen molar-refractivity contribution in [2.75, 3.05) is 37.3 Å². The molecule has 0 saturated carbocycles. The molecule has 1 fully saturated rings. The first kappa shape index (κ1) is 23.9. The zero-order valence-corrected chi connectivity index (χ0v) is 20.4. The van der Waals surface area contributed by atoms with Crippen LogP contribution in [0.4, 0.5) is 11.4 Å². The molecule has 0 unspecified atom stereocenters. The van der Waals surface area contributed by atoms with Crippen molar-refractivity contribution in [1.82, 2.24) is 9.80 Å². The van der Waals surface area contributed by atoms with Crippen molar-refractivity contribution in [3.05, 3.63) is 96.1 Å². The van der Waals surface area contributed by atoms with Crippen LogP contribution in [0.1, 0.15) is 28.8 Å². The van der Waals surface area contributed by atoms with Gasteiger partial charge < -0.3 is 20.4 Å². The molecule has 0 radical (unpaired) electrons. The maximum Gasteiger partial charge on any atom is 0.253 e. The van der Waals surface area contributed by atoms with Gasteiger partial charge in [0.15, 0.2) is 5.11 Å². The van der Waals surface area contributed by atoms with Gasteiger partial charge >= 0.3 is 0 Å². The Morgan fingerprint density at radius 1 is 0.882 bits per heavy atom. The van der Waals surface area contributed by atoms with Crippen molar-refractivity contribution in [1.29, 1.82) is 0 Å². The number of amides is 1. The van der Waals surface area contributed by atoms with E-state index in [-0.39, 0.29) is 5.91 Å². The van der Waals surface area contributed by atoms with E-state index < -0.39 is 0 Å². The second-order valence-electron chi connectivity index (χ2n) is 8.76. The van der Waals surface area contributed by atoms with Crippen LogP contribution < -0.4 is 10.6 Å². The van der Waals surface area contributed by atoms with Gasteiger partial charge in [0.2, 0.25) is 0 Å². The Labute approximate surface area is 207 Å². The second-order valence-corrected chi connectivity index (χ2v) is 9.17. The number of thiocarbonyl (C=S) groups is 1. The zero-order valence-electron chi connectivity index (χ0n) is 19.6. The number of likely N-dealkylation sites (N-methyl/N-ethyl adjacent to an activating group) is 1. The van der Waals surface area contributed by atoms with Gasteiger partial charge in [-0.3, -0.25) is 4.79 Å².